The van der Waals surface area contributed by atoms with Gasteiger partial charge in [-0.05, 0) is 39.2 Å². The van der Waals surface area contributed by atoms with E-state index in [1.165, 1.54) is 82.6 Å². The third-order valence-corrected chi connectivity index (χ3v) is 12.7. The zero-order chi connectivity index (χ0) is 32.3. The van der Waals surface area contributed by atoms with Gasteiger partial charge in [-0.1, -0.05) is 176 Å². The summed E-state index contributed by atoms with van der Waals surface area (Å²) >= 11 is 0. The van der Waals surface area contributed by atoms with Gasteiger partial charge in [-0.2, -0.15) is 0 Å². The lowest BCUT2D eigenvalue weighted by atomic mass is 9.95. The highest BCUT2D eigenvalue weighted by atomic mass is 28.3. The molecule has 1 radical (unpaired) electrons. The van der Waals surface area contributed by atoms with Gasteiger partial charge in [0, 0.05) is 38.7 Å². The van der Waals surface area contributed by atoms with Crippen molar-refractivity contribution in [2.75, 3.05) is 0 Å². The van der Waals surface area contributed by atoms with E-state index >= 15 is 0 Å². The first kappa shape index (κ1) is 27.9. The van der Waals surface area contributed by atoms with Crippen LogP contribution in [-0.4, -0.2) is 17.8 Å². The monoisotopic (exact) mass is 639 g/mol. The topological polar surface area (TPSA) is 9.86 Å². The third-order valence-electron chi connectivity index (χ3n) is 9.97. The first-order chi connectivity index (χ1) is 24.4. The summed E-state index contributed by atoms with van der Waals surface area (Å²) in [5.41, 5.74) is 13.7. The molecule has 0 saturated heterocycles. The molecule has 1 aliphatic rings. The summed E-state index contributed by atoms with van der Waals surface area (Å²) in [4.78, 5) is 0. The molecule has 229 valence electrons. The van der Waals surface area contributed by atoms with E-state index in [1.54, 1.807) is 0 Å². The maximum absolute atomic E-state index is 2.78. The van der Waals surface area contributed by atoms with Crippen molar-refractivity contribution in [2.45, 2.75) is 0 Å². The Labute approximate surface area is 287 Å². The van der Waals surface area contributed by atoms with Gasteiger partial charge in [-0.15, -0.1) is 0 Å². The number of nitrogens with zero attached hydrogens (tertiary/aromatic N) is 2. The van der Waals surface area contributed by atoms with Gasteiger partial charge in [0.05, 0.1) is 16.9 Å². The number of rotatable bonds is 4. The number of hydrogen-bond acceptors (Lipinski definition) is 0. The highest BCUT2D eigenvalue weighted by Crippen LogP contribution is 2.51. The Morgan fingerprint density at radius 2 is 0.918 bits per heavy atom. The Kier molecular flexibility index (Phi) is 6.39. The molecule has 0 aliphatic carbocycles. The molecule has 10 rings (SSSR count). The number of hydrogen-bond donors (Lipinski definition) is 0. The van der Waals surface area contributed by atoms with Crippen molar-refractivity contribution in [3.63, 3.8) is 0 Å². The van der Waals surface area contributed by atoms with Crippen LogP contribution >= 0.6 is 0 Å². The number of aromatic nitrogens is 2. The van der Waals surface area contributed by atoms with Crippen LogP contribution in [0.25, 0.3) is 72.3 Å². The summed E-state index contributed by atoms with van der Waals surface area (Å²) in [7, 11) is -1.62. The number of fused-ring (bicyclic) bond motifs is 9. The van der Waals surface area contributed by atoms with Gasteiger partial charge in [0.15, 0.2) is 0 Å². The zero-order valence-electron chi connectivity index (χ0n) is 26.8. The average Bonchev–Trinajstić information content (AvgIpc) is 3.66. The minimum Gasteiger partial charge on any atom is -0.357 e. The molecule has 2 nitrogen and oxygen atoms in total. The fourth-order valence-electron chi connectivity index (χ4n) is 8.01. The molecule has 0 fully saturated rings. The molecule has 0 atom stereocenters. The summed E-state index contributed by atoms with van der Waals surface area (Å²) in [5, 5.41) is 5.26. The first-order valence-electron chi connectivity index (χ1n) is 16.9. The standard InChI is InChI=1S/C46H31N2Si/c1-5-18-32(19-6-1)36-27-17-28-38-43(34-22-9-3-10-23-34)46-45-42(33-20-7-2-8-21-33)37-26-13-14-29-39(37)47(45)40-30-15-16-31-41(40)49(48(46)44(36)38)35-24-11-4-12-25-35/h1-31H. The molecule has 3 heterocycles. The molecule has 0 amide bonds. The Morgan fingerprint density at radius 1 is 0.388 bits per heavy atom. The van der Waals surface area contributed by atoms with Gasteiger partial charge in [-0.3, -0.25) is 0 Å². The van der Waals surface area contributed by atoms with Crippen molar-refractivity contribution < 1.29 is 0 Å². The molecule has 2 aromatic heterocycles. The molecular formula is C46H31N2Si. The SMILES string of the molecule is c1ccc(-c2c3n(c4ccccc24)-c2ccccc2[Si](c2ccccc2)n2c-3c(-c3ccccc3)c3cccc(-c4ccccc4)c32)cc1. The fraction of sp³-hybridized carbons (Fsp3) is 0. The molecule has 9 aromatic rings. The largest absolute Gasteiger partial charge is 0.357 e. The Morgan fingerprint density at radius 3 is 1.61 bits per heavy atom. The van der Waals surface area contributed by atoms with E-state index < -0.39 is 8.96 Å². The maximum Gasteiger partial charge on any atom is 0.249 e. The van der Waals surface area contributed by atoms with E-state index in [2.05, 4.69) is 197 Å². The van der Waals surface area contributed by atoms with E-state index in [1.807, 2.05) is 0 Å². The lowest BCUT2D eigenvalue weighted by molar-refractivity contribution is 1.14. The molecule has 7 aromatic carbocycles. The minimum atomic E-state index is -1.62. The van der Waals surface area contributed by atoms with Crippen molar-refractivity contribution >= 4 is 41.1 Å². The fourth-order valence-corrected chi connectivity index (χ4v) is 10.9. The summed E-state index contributed by atoms with van der Waals surface area (Å²) < 4.78 is 5.36. The summed E-state index contributed by atoms with van der Waals surface area (Å²) in [5.74, 6) is 0. The first-order valence-corrected chi connectivity index (χ1v) is 18.3. The van der Waals surface area contributed by atoms with Gasteiger partial charge in [0.2, 0.25) is 8.96 Å². The second kappa shape index (κ2) is 11.2. The summed E-state index contributed by atoms with van der Waals surface area (Å²) in [6, 6.07) is 69.2. The van der Waals surface area contributed by atoms with Gasteiger partial charge in [-0.25, -0.2) is 0 Å². The minimum absolute atomic E-state index is 1.22. The molecule has 1 aliphatic heterocycles. The van der Waals surface area contributed by atoms with Gasteiger partial charge in [0.25, 0.3) is 0 Å². The van der Waals surface area contributed by atoms with Crippen LogP contribution in [0.2, 0.25) is 0 Å². The molecule has 0 unspecified atom stereocenters. The van der Waals surface area contributed by atoms with Crippen molar-refractivity contribution in [3.8, 4) is 50.5 Å². The van der Waals surface area contributed by atoms with Crippen molar-refractivity contribution in [3.05, 3.63) is 188 Å². The lowest BCUT2D eigenvalue weighted by Crippen LogP contribution is -2.49. The zero-order valence-corrected chi connectivity index (χ0v) is 27.8. The molecule has 0 saturated carbocycles. The second-order valence-corrected chi connectivity index (χ2v) is 14.9. The van der Waals surface area contributed by atoms with E-state index in [-0.39, 0.29) is 0 Å². The van der Waals surface area contributed by atoms with Crippen molar-refractivity contribution in [2.24, 2.45) is 0 Å². The molecule has 0 bridgehead atoms. The molecule has 49 heavy (non-hydrogen) atoms. The van der Waals surface area contributed by atoms with Crippen LogP contribution in [0, 0.1) is 0 Å². The normalized spacial score (nSPS) is 12.4. The van der Waals surface area contributed by atoms with Gasteiger partial charge >= 0.3 is 0 Å². The van der Waals surface area contributed by atoms with Crippen LogP contribution in [0.4, 0.5) is 0 Å². The van der Waals surface area contributed by atoms with Crippen LogP contribution < -0.4 is 10.4 Å². The van der Waals surface area contributed by atoms with E-state index in [0.29, 0.717) is 0 Å². The smallest absolute Gasteiger partial charge is 0.249 e. The third kappa shape index (κ3) is 4.19. The molecule has 3 heteroatoms. The van der Waals surface area contributed by atoms with E-state index in [0.717, 1.165) is 0 Å². The average molecular weight is 640 g/mol. The van der Waals surface area contributed by atoms with E-state index in [9.17, 15) is 0 Å². The lowest BCUT2D eigenvalue weighted by Gasteiger charge is -2.22. The Balaban J connectivity index is 1.52. The molecular weight excluding hydrogens is 609 g/mol. The quantitative estimate of drug-likeness (QED) is 0.170. The summed E-state index contributed by atoms with van der Waals surface area (Å²) in [6.45, 7) is 0. The van der Waals surface area contributed by atoms with Crippen molar-refractivity contribution in [1.29, 1.82) is 0 Å². The summed E-state index contributed by atoms with van der Waals surface area (Å²) in [6.07, 6.45) is 0. The number of benzene rings is 7. The van der Waals surface area contributed by atoms with Gasteiger partial charge < -0.3 is 8.80 Å². The molecule has 0 N–H and O–H groups in total. The van der Waals surface area contributed by atoms with Crippen LogP contribution in [0.15, 0.2) is 188 Å². The van der Waals surface area contributed by atoms with Gasteiger partial charge in [0.1, 0.15) is 0 Å². The highest BCUT2D eigenvalue weighted by Gasteiger charge is 2.38. The van der Waals surface area contributed by atoms with E-state index in [4.69, 9.17) is 0 Å². The van der Waals surface area contributed by atoms with Crippen LogP contribution in [0.5, 0.6) is 0 Å². The van der Waals surface area contributed by atoms with Crippen LogP contribution in [0.1, 0.15) is 0 Å². The second-order valence-electron chi connectivity index (χ2n) is 12.7. The predicted octanol–water partition coefficient (Wildman–Crippen LogP) is 10.2. The van der Waals surface area contributed by atoms with Crippen LogP contribution in [0.3, 0.4) is 0 Å². The van der Waals surface area contributed by atoms with Crippen molar-refractivity contribution in [1.82, 2.24) is 8.80 Å². The van der Waals surface area contributed by atoms with Crippen LogP contribution in [-0.2, 0) is 0 Å². The maximum atomic E-state index is 2.78. The Bertz CT molecular complexity index is 2640. The number of para-hydroxylation sites is 3. The molecule has 0 spiro atoms. The highest BCUT2D eigenvalue weighted by molar-refractivity contribution is 6.86. The Hall–Kier alpha value is -6.16. The predicted molar refractivity (Wildman–Crippen MR) is 207 cm³/mol.